The molecule has 1 atom stereocenters. The van der Waals surface area contributed by atoms with Crippen molar-refractivity contribution in [2.75, 3.05) is 28.2 Å². The third kappa shape index (κ3) is 89.5. The van der Waals surface area contributed by atoms with Gasteiger partial charge in [-0.25, -0.2) is 0 Å². The Hall–Kier alpha value is -0.690. The molecule has 0 saturated carbocycles. The van der Waals surface area contributed by atoms with Crippen molar-refractivity contribution < 1.29 is 30.4 Å². The van der Waals surface area contributed by atoms with Crippen molar-refractivity contribution in [1.29, 1.82) is 0 Å². The molecule has 0 aromatic rings. The Balaban J connectivity index is -0.0000000546. The first-order chi connectivity index (χ1) is 4.64. The maximum absolute atomic E-state index is 9.34. The predicted molar refractivity (Wildman–Crippen MR) is 47.9 cm³/mol. The van der Waals surface area contributed by atoms with Crippen molar-refractivity contribution in [3.63, 3.8) is 0 Å². The molecule has 6 heteroatoms. The monoisotopic (exact) mass is 199 g/mol. The normalized spacial score (nSPS) is 10.9. The Morgan fingerprint density at radius 1 is 1.23 bits per heavy atom. The number of aliphatic hydroxyl groups is 1. The zero-order valence-corrected chi connectivity index (χ0v) is 8.79. The van der Waals surface area contributed by atoms with Gasteiger partial charge in [0.2, 0.25) is 0 Å². The van der Waals surface area contributed by atoms with Gasteiger partial charge in [0.15, 0.2) is 0 Å². The molecule has 0 bridgehead atoms. The standard InChI is InChI=1S/C4H12N.C3H6O3.2H2O/c1-5(2,3)4;1-2(4)3(5)6;;/h1-4H3;2,4H,1H3,(H,5,6);2*1H2/q+1;;;/p-1. The van der Waals surface area contributed by atoms with Gasteiger partial charge in [-0.2, -0.15) is 0 Å². The van der Waals surface area contributed by atoms with Crippen LogP contribution in [0.1, 0.15) is 6.92 Å². The summed E-state index contributed by atoms with van der Waals surface area (Å²) in [5.74, 6) is -1.44. The Kier molecular flexibility index (Phi) is 16.5. The summed E-state index contributed by atoms with van der Waals surface area (Å²) in [6.45, 7) is 1.13. The molecule has 0 saturated heterocycles. The second-order valence-electron chi connectivity index (χ2n) is 3.68. The summed E-state index contributed by atoms with van der Waals surface area (Å²) < 4.78 is 1.00. The SMILES string of the molecule is CC(O)C(=O)[O-].C[N+](C)(C)C.O.O. The van der Waals surface area contributed by atoms with Crippen molar-refractivity contribution in [2.45, 2.75) is 13.0 Å². The quantitative estimate of drug-likeness (QED) is 0.447. The number of hydrogen-bond donors (Lipinski definition) is 1. The first kappa shape index (κ1) is 22.8. The van der Waals surface area contributed by atoms with E-state index in [0.717, 1.165) is 11.4 Å². The molecule has 0 aliphatic rings. The summed E-state index contributed by atoms with van der Waals surface area (Å²) in [6.07, 6.45) is -1.34. The van der Waals surface area contributed by atoms with E-state index in [2.05, 4.69) is 28.2 Å². The van der Waals surface area contributed by atoms with E-state index < -0.39 is 12.1 Å². The van der Waals surface area contributed by atoms with Crippen LogP contribution in [0.25, 0.3) is 0 Å². The van der Waals surface area contributed by atoms with Gasteiger partial charge in [0.25, 0.3) is 0 Å². The van der Waals surface area contributed by atoms with Crippen LogP contribution in [0.3, 0.4) is 0 Å². The van der Waals surface area contributed by atoms with Gasteiger partial charge in [-0.05, 0) is 6.92 Å². The highest BCUT2D eigenvalue weighted by molar-refractivity contribution is 5.68. The van der Waals surface area contributed by atoms with Crippen molar-refractivity contribution in [3.8, 4) is 0 Å². The Labute approximate surface area is 78.6 Å². The Bertz CT molecular complexity index is 113. The smallest absolute Gasteiger partial charge is 0.0905 e. The lowest BCUT2D eigenvalue weighted by atomic mass is 10.4. The molecule has 0 amide bonds. The minimum absolute atomic E-state index is 0. The van der Waals surface area contributed by atoms with Crippen LogP contribution in [-0.4, -0.2) is 60.8 Å². The Morgan fingerprint density at radius 3 is 1.31 bits per heavy atom. The lowest BCUT2D eigenvalue weighted by Gasteiger charge is -2.14. The molecule has 0 heterocycles. The van der Waals surface area contributed by atoms with Crippen LogP contribution in [0, 0.1) is 0 Å². The van der Waals surface area contributed by atoms with Crippen LogP contribution in [0.4, 0.5) is 0 Å². The first-order valence-electron chi connectivity index (χ1n) is 3.32. The number of carbonyl (C=O) groups excluding carboxylic acids is 1. The first-order valence-corrected chi connectivity index (χ1v) is 3.32. The van der Waals surface area contributed by atoms with E-state index in [4.69, 9.17) is 5.11 Å². The third-order valence-electron chi connectivity index (χ3n) is 0.341. The summed E-state index contributed by atoms with van der Waals surface area (Å²) in [4.78, 5) is 9.34. The molecule has 0 aliphatic carbocycles. The number of carbonyl (C=O) groups is 1. The van der Waals surface area contributed by atoms with Crippen molar-refractivity contribution in [2.24, 2.45) is 0 Å². The van der Waals surface area contributed by atoms with Crippen LogP contribution in [0.2, 0.25) is 0 Å². The maximum atomic E-state index is 9.34. The van der Waals surface area contributed by atoms with E-state index in [1.54, 1.807) is 0 Å². The van der Waals surface area contributed by atoms with Gasteiger partial charge in [0, 0.05) is 0 Å². The molecule has 0 aromatic carbocycles. The average molecular weight is 199 g/mol. The number of nitrogens with zero attached hydrogens (tertiary/aromatic N) is 1. The molecule has 6 nitrogen and oxygen atoms in total. The molecule has 0 aromatic heterocycles. The average Bonchev–Trinajstić information content (AvgIpc) is 1.59. The molecule has 0 rings (SSSR count). The number of hydrogen-bond acceptors (Lipinski definition) is 3. The minimum Gasteiger partial charge on any atom is -0.547 e. The van der Waals surface area contributed by atoms with Crippen LogP contribution in [0.5, 0.6) is 0 Å². The molecule has 0 radical (unpaired) electrons. The highest BCUT2D eigenvalue weighted by atomic mass is 16.4. The fraction of sp³-hybridized carbons (Fsp3) is 0.857. The number of aliphatic carboxylic acids is 1. The van der Waals surface area contributed by atoms with Gasteiger partial charge >= 0.3 is 0 Å². The molecular formula is C7H21NO5. The molecule has 0 aliphatic heterocycles. The highest BCUT2D eigenvalue weighted by Crippen LogP contribution is 1.73. The van der Waals surface area contributed by atoms with E-state index in [1.165, 1.54) is 0 Å². The van der Waals surface area contributed by atoms with Gasteiger partial charge in [-0.1, -0.05) is 0 Å². The summed E-state index contributed by atoms with van der Waals surface area (Å²) >= 11 is 0. The predicted octanol–water partition coefficient (Wildman–Crippen LogP) is -3.21. The summed E-state index contributed by atoms with van der Waals surface area (Å²) in [5, 5.41) is 17.3. The maximum Gasteiger partial charge on any atom is 0.0905 e. The van der Waals surface area contributed by atoms with Crippen molar-refractivity contribution in [1.82, 2.24) is 0 Å². The number of rotatable bonds is 1. The van der Waals surface area contributed by atoms with E-state index in [-0.39, 0.29) is 11.0 Å². The molecule has 13 heavy (non-hydrogen) atoms. The van der Waals surface area contributed by atoms with Gasteiger partial charge in [0.1, 0.15) is 0 Å². The van der Waals surface area contributed by atoms with E-state index >= 15 is 0 Å². The van der Waals surface area contributed by atoms with E-state index in [9.17, 15) is 9.90 Å². The number of carboxylic acid groups (broad SMARTS) is 1. The van der Waals surface area contributed by atoms with Gasteiger partial charge < -0.3 is 30.4 Å². The second-order valence-corrected chi connectivity index (χ2v) is 3.68. The zero-order valence-electron chi connectivity index (χ0n) is 8.79. The molecule has 0 spiro atoms. The highest BCUT2D eigenvalue weighted by Gasteiger charge is 1.89. The van der Waals surface area contributed by atoms with Crippen LogP contribution in [-0.2, 0) is 4.79 Å². The summed E-state index contributed by atoms with van der Waals surface area (Å²) in [6, 6.07) is 0. The second kappa shape index (κ2) is 9.40. The topological polar surface area (TPSA) is 123 Å². The number of quaternary nitrogens is 1. The fourth-order valence-electron chi connectivity index (χ4n) is 0. The van der Waals surface area contributed by atoms with Crippen molar-refractivity contribution in [3.05, 3.63) is 0 Å². The summed E-state index contributed by atoms with van der Waals surface area (Å²) in [7, 11) is 8.50. The number of carboxylic acids is 1. The summed E-state index contributed by atoms with van der Waals surface area (Å²) in [5.41, 5.74) is 0. The molecular weight excluding hydrogens is 178 g/mol. The van der Waals surface area contributed by atoms with E-state index in [0.29, 0.717) is 0 Å². The van der Waals surface area contributed by atoms with Crippen LogP contribution in [0.15, 0.2) is 0 Å². The Morgan fingerprint density at radius 2 is 1.31 bits per heavy atom. The van der Waals surface area contributed by atoms with E-state index in [1.807, 2.05) is 0 Å². The third-order valence-corrected chi connectivity index (χ3v) is 0.341. The molecule has 84 valence electrons. The van der Waals surface area contributed by atoms with Gasteiger partial charge in [-0.15, -0.1) is 0 Å². The minimum atomic E-state index is -1.44. The number of aliphatic hydroxyl groups excluding tert-OH is 1. The molecule has 0 fully saturated rings. The molecule has 1 unspecified atom stereocenters. The lowest BCUT2D eigenvalue weighted by Crippen LogP contribution is -2.32. The lowest BCUT2D eigenvalue weighted by molar-refractivity contribution is -0.849. The zero-order chi connectivity index (χ0) is 9.65. The van der Waals surface area contributed by atoms with Crippen molar-refractivity contribution >= 4 is 5.97 Å². The van der Waals surface area contributed by atoms with Crippen LogP contribution < -0.4 is 5.11 Å². The van der Waals surface area contributed by atoms with Gasteiger partial charge in [0.05, 0.1) is 40.3 Å². The van der Waals surface area contributed by atoms with Gasteiger partial charge in [-0.3, -0.25) is 0 Å². The molecule has 5 N–H and O–H groups in total. The van der Waals surface area contributed by atoms with Crippen LogP contribution >= 0.6 is 0 Å². The fourth-order valence-corrected chi connectivity index (χ4v) is 0. The largest absolute Gasteiger partial charge is 0.547 e.